The Balaban J connectivity index is 2.74. The standard InChI is InChI=1S/C12H14O4/c1-8(2)12(14)16-11-6-4-5-10(7-11)15-9(3)13/h4-8H,1-3H3. The molecule has 0 spiro atoms. The van der Waals surface area contributed by atoms with Gasteiger partial charge in [0.05, 0.1) is 5.92 Å². The molecule has 0 aliphatic carbocycles. The molecule has 4 heteroatoms. The molecule has 0 amide bonds. The maximum absolute atomic E-state index is 11.3. The van der Waals surface area contributed by atoms with Gasteiger partial charge in [-0.25, -0.2) is 0 Å². The largest absolute Gasteiger partial charge is 0.427 e. The van der Waals surface area contributed by atoms with Crippen LogP contribution >= 0.6 is 0 Å². The van der Waals surface area contributed by atoms with Gasteiger partial charge in [0.25, 0.3) is 0 Å². The summed E-state index contributed by atoms with van der Waals surface area (Å²) in [4.78, 5) is 22.0. The maximum Gasteiger partial charge on any atom is 0.313 e. The average molecular weight is 222 g/mol. The molecule has 0 bridgehead atoms. The number of rotatable bonds is 3. The summed E-state index contributed by atoms with van der Waals surface area (Å²) in [6.07, 6.45) is 0. The monoisotopic (exact) mass is 222 g/mol. The van der Waals surface area contributed by atoms with Gasteiger partial charge >= 0.3 is 11.9 Å². The molecular formula is C12H14O4. The van der Waals surface area contributed by atoms with Gasteiger partial charge in [0, 0.05) is 13.0 Å². The first-order chi connectivity index (χ1) is 7.49. The molecule has 0 fully saturated rings. The smallest absolute Gasteiger partial charge is 0.313 e. The molecule has 0 heterocycles. The van der Waals surface area contributed by atoms with E-state index in [0.29, 0.717) is 11.5 Å². The number of carbonyl (C=O) groups is 2. The number of hydrogen-bond acceptors (Lipinski definition) is 4. The van der Waals surface area contributed by atoms with E-state index in [9.17, 15) is 9.59 Å². The molecule has 1 aromatic carbocycles. The molecule has 0 aromatic heterocycles. The van der Waals surface area contributed by atoms with Gasteiger partial charge in [-0.15, -0.1) is 0 Å². The Morgan fingerprint density at radius 1 is 1.12 bits per heavy atom. The Labute approximate surface area is 94.2 Å². The number of hydrogen-bond donors (Lipinski definition) is 0. The Kier molecular flexibility index (Phi) is 4.05. The summed E-state index contributed by atoms with van der Waals surface area (Å²) in [7, 11) is 0. The summed E-state index contributed by atoms with van der Waals surface area (Å²) in [6.45, 7) is 4.81. The fraction of sp³-hybridized carbons (Fsp3) is 0.333. The second kappa shape index (κ2) is 5.30. The molecule has 0 unspecified atom stereocenters. The second-order valence-corrected chi connectivity index (χ2v) is 3.64. The average Bonchev–Trinajstić information content (AvgIpc) is 2.16. The van der Waals surface area contributed by atoms with E-state index in [2.05, 4.69) is 0 Å². The summed E-state index contributed by atoms with van der Waals surface area (Å²) >= 11 is 0. The summed E-state index contributed by atoms with van der Waals surface area (Å²) in [5.41, 5.74) is 0. The van der Waals surface area contributed by atoms with Crippen LogP contribution in [0, 0.1) is 5.92 Å². The summed E-state index contributed by atoms with van der Waals surface area (Å²) < 4.78 is 9.93. The highest BCUT2D eigenvalue weighted by Crippen LogP contribution is 2.20. The molecule has 0 aliphatic heterocycles. The minimum atomic E-state index is -0.410. The van der Waals surface area contributed by atoms with E-state index in [4.69, 9.17) is 9.47 Å². The predicted molar refractivity (Wildman–Crippen MR) is 58.2 cm³/mol. The molecule has 16 heavy (non-hydrogen) atoms. The van der Waals surface area contributed by atoms with Crippen LogP contribution in [0.2, 0.25) is 0 Å². The van der Waals surface area contributed by atoms with Gasteiger partial charge in [-0.3, -0.25) is 9.59 Å². The molecule has 0 radical (unpaired) electrons. The van der Waals surface area contributed by atoms with Crippen molar-refractivity contribution in [3.8, 4) is 11.5 Å². The lowest BCUT2D eigenvalue weighted by atomic mass is 10.2. The van der Waals surface area contributed by atoms with E-state index in [1.165, 1.54) is 13.0 Å². The molecule has 0 atom stereocenters. The van der Waals surface area contributed by atoms with Crippen LogP contribution < -0.4 is 9.47 Å². The van der Waals surface area contributed by atoms with E-state index >= 15 is 0 Å². The van der Waals surface area contributed by atoms with Crippen molar-refractivity contribution in [2.24, 2.45) is 5.92 Å². The van der Waals surface area contributed by atoms with Crippen LogP contribution in [0.1, 0.15) is 20.8 Å². The topological polar surface area (TPSA) is 52.6 Å². The molecule has 0 saturated heterocycles. The number of esters is 2. The fourth-order valence-electron chi connectivity index (χ4n) is 1.00. The molecule has 0 aliphatic rings. The highest BCUT2D eigenvalue weighted by atomic mass is 16.5. The number of carbonyl (C=O) groups excluding carboxylic acids is 2. The minimum Gasteiger partial charge on any atom is -0.427 e. The van der Waals surface area contributed by atoms with Crippen LogP contribution in [-0.4, -0.2) is 11.9 Å². The van der Waals surface area contributed by atoms with Crippen molar-refractivity contribution >= 4 is 11.9 Å². The first-order valence-corrected chi connectivity index (χ1v) is 4.99. The van der Waals surface area contributed by atoms with Gasteiger partial charge in [0.2, 0.25) is 0 Å². The van der Waals surface area contributed by atoms with Crippen molar-refractivity contribution in [1.82, 2.24) is 0 Å². The highest BCUT2D eigenvalue weighted by Gasteiger charge is 2.10. The van der Waals surface area contributed by atoms with Crippen molar-refractivity contribution in [2.75, 3.05) is 0 Å². The van der Waals surface area contributed by atoms with Crippen LogP contribution in [0.4, 0.5) is 0 Å². The Morgan fingerprint density at radius 2 is 1.69 bits per heavy atom. The Hall–Kier alpha value is -1.84. The first-order valence-electron chi connectivity index (χ1n) is 4.99. The molecule has 1 aromatic rings. The van der Waals surface area contributed by atoms with Crippen LogP contribution in [0.3, 0.4) is 0 Å². The maximum atomic E-state index is 11.3. The molecular weight excluding hydrogens is 208 g/mol. The zero-order valence-electron chi connectivity index (χ0n) is 9.52. The van der Waals surface area contributed by atoms with Gasteiger partial charge in [-0.1, -0.05) is 19.9 Å². The van der Waals surface area contributed by atoms with Crippen molar-refractivity contribution in [2.45, 2.75) is 20.8 Å². The van der Waals surface area contributed by atoms with E-state index < -0.39 is 5.97 Å². The zero-order valence-corrected chi connectivity index (χ0v) is 9.52. The van der Waals surface area contributed by atoms with Crippen molar-refractivity contribution in [3.63, 3.8) is 0 Å². The molecule has 1 rings (SSSR count). The van der Waals surface area contributed by atoms with Gasteiger partial charge in [0.1, 0.15) is 11.5 Å². The quantitative estimate of drug-likeness (QED) is 0.581. The zero-order chi connectivity index (χ0) is 12.1. The first kappa shape index (κ1) is 12.2. The normalized spacial score (nSPS) is 10.0. The third-order valence-electron chi connectivity index (χ3n) is 1.76. The lowest BCUT2D eigenvalue weighted by Gasteiger charge is -2.07. The molecule has 0 saturated carbocycles. The van der Waals surface area contributed by atoms with E-state index in [0.717, 1.165) is 0 Å². The SMILES string of the molecule is CC(=O)Oc1cccc(OC(=O)C(C)C)c1. The van der Waals surface area contributed by atoms with E-state index in [1.54, 1.807) is 32.0 Å². The van der Waals surface area contributed by atoms with Gasteiger partial charge in [-0.05, 0) is 12.1 Å². The molecule has 0 N–H and O–H groups in total. The van der Waals surface area contributed by atoms with Crippen LogP contribution in [-0.2, 0) is 9.59 Å². The van der Waals surface area contributed by atoms with Crippen LogP contribution in [0.15, 0.2) is 24.3 Å². The third kappa shape index (κ3) is 3.73. The van der Waals surface area contributed by atoms with Crippen molar-refractivity contribution in [3.05, 3.63) is 24.3 Å². The van der Waals surface area contributed by atoms with E-state index in [-0.39, 0.29) is 11.9 Å². The van der Waals surface area contributed by atoms with Crippen molar-refractivity contribution in [1.29, 1.82) is 0 Å². The summed E-state index contributed by atoms with van der Waals surface area (Å²) in [6, 6.07) is 6.41. The van der Waals surface area contributed by atoms with Gasteiger partial charge < -0.3 is 9.47 Å². The Morgan fingerprint density at radius 3 is 2.19 bits per heavy atom. The van der Waals surface area contributed by atoms with Crippen molar-refractivity contribution < 1.29 is 19.1 Å². The number of benzene rings is 1. The number of ether oxygens (including phenoxy) is 2. The summed E-state index contributed by atoms with van der Waals surface area (Å²) in [5.74, 6) is -0.191. The Bertz CT molecular complexity index is 396. The van der Waals surface area contributed by atoms with Gasteiger partial charge in [0.15, 0.2) is 0 Å². The summed E-state index contributed by atoms with van der Waals surface area (Å²) in [5, 5.41) is 0. The lowest BCUT2D eigenvalue weighted by molar-refractivity contribution is -0.137. The lowest BCUT2D eigenvalue weighted by Crippen LogP contribution is -2.14. The molecule has 86 valence electrons. The van der Waals surface area contributed by atoms with E-state index in [1.807, 2.05) is 0 Å². The minimum absolute atomic E-state index is 0.197. The van der Waals surface area contributed by atoms with Crippen LogP contribution in [0.5, 0.6) is 11.5 Å². The fourth-order valence-corrected chi connectivity index (χ4v) is 1.00. The molecule has 4 nitrogen and oxygen atoms in total. The predicted octanol–water partition coefficient (Wildman–Crippen LogP) is 2.17. The third-order valence-corrected chi connectivity index (χ3v) is 1.76. The van der Waals surface area contributed by atoms with Gasteiger partial charge in [-0.2, -0.15) is 0 Å². The van der Waals surface area contributed by atoms with Crippen LogP contribution in [0.25, 0.3) is 0 Å². The second-order valence-electron chi connectivity index (χ2n) is 3.64. The highest BCUT2D eigenvalue weighted by molar-refractivity contribution is 5.74.